The normalized spacial score (nSPS) is 21.8. The molecule has 0 saturated carbocycles. The molecular formula is C28H37N7O3. The summed E-state index contributed by atoms with van der Waals surface area (Å²) in [5, 5.41) is 10.3. The van der Waals surface area contributed by atoms with E-state index in [0.717, 1.165) is 55.0 Å². The monoisotopic (exact) mass is 519 g/mol. The Labute approximate surface area is 223 Å². The van der Waals surface area contributed by atoms with Crippen molar-refractivity contribution < 1.29 is 14.6 Å². The predicted molar refractivity (Wildman–Crippen MR) is 147 cm³/mol. The summed E-state index contributed by atoms with van der Waals surface area (Å²) in [5.74, 6) is 0.887. The van der Waals surface area contributed by atoms with Crippen molar-refractivity contribution in [2.24, 2.45) is 10.7 Å². The van der Waals surface area contributed by atoms with Gasteiger partial charge in [0.25, 0.3) is 5.91 Å². The van der Waals surface area contributed by atoms with Crippen LogP contribution in [-0.4, -0.2) is 84.4 Å². The minimum absolute atomic E-state index is 0.166. The first-order valence-corrected chi connectivity index (χ1v) is 13.2. The van der Waals surface area contributed by atoms with Crippen molar-refractivity contribution in [1.82, 2.24) is 19.8 Å². The molecule has 0 fully saturated rings. The number of carbonyl (C=O) groups excluding carboxylic acids is 1. The number of carbonyl (C=O) groups is 1. The van der Waals surface area contributed by atoms with Crippen LogP contribution in [0.5, 0.6) is 11.8 Å². The van der Waals surface area contributed by atoms with Gasteiger partial charge in [-0.2, -0.15) is 9.97 Å². The van der Waals surface area contributed by atoms with Crippen LogP contribution in [0.3, 0.4) is 0 Å². The summed E-state index contributed by atoms with van der Waals surface area (Å²) in [6, 6.07) is 6.10. The van der Waals surface area contributed by atoms with Gasteiger partial charge in [-0.15, -0.1) is 0 Å². The Hall–Kier alpha value is -3.66. The number of aromatic nitrogens is 2. The smallest absolute Gasteiger partial charge is 0.318 e. The number of nitrogens with two attached hydrogens (primary N) is 1. The number of likely N-dealkylation sites (N-methyl/N-ethyl adjacent to an activating group) is 2. The fourth-order valence-electron chi connectivity index (χ4n) is 6.04. The van der Waals surface area contributed by atoms with Gasteiger partial charge >= 0.3 is 6.01 Å². The number of nitrogens with zero attached hydrogens (tertiary/aromatic N) is 6. The van der Waals surface area contributed by atoms with Crippen molar-refractivity contribution in [2.45, 2.75) is 44.2 Å². The summed E-state index contributed by atoms with van der Waals surface area (Å²) in [6.45, 7) is 2.57. The molecule has 5 rings (SSSR count). The molecule has 1 unspecified atom stereocenters. The minimum Gasteiger partial charge on any atom is -0.508 e. The molecule has 1 aromatic heterocycles. The number of phenols is 1. The number of fused-ring (bicyclic) bond motifs is 3. The number of methoxy groups -OCH3 is 1. The second kappa shape index (κ2) is 10.2. The van der Waals surface area contributed by atoms with E-state index in [1.54, 1.807) is 33.3 Å². The highest BCUT2D eigenvalue weighted by Crippen LogP contribution is 2.47. The third kappa shape index (κ3) is 4.69. The topological polar surface area (TPSA) is 120 Å². The molecule has 10 nitrogen and oxygen atoms in total. The maximum Gasteiger partial charge on any atom is 0.318 e. The molecule has 10 heteroatoms. The van der Waals surface area contributed by atoms with Crippen LogP contribution in [0, 0.1) is 0 Å². The standard InChI is InChI=1S/C28H37N7O3/c1-33(2)26(37)23(29)13-19-16-35(12-6-11-30-19)25-21-17-34(3)28(15-24(21)31-27(32-25)38-4)10-5-7-18-8-9-20(36)14-22(18)28/h8-9,13-14,36H,5-7,10-12,15-17,29H2,1-4H3/b23-13-. The second-order valence-corrected chi connectivity index (χ2v) is 10.7. The number of anilines is 1. The fourth-order valence-corrected chi connectivity index (χ4v) is 6.04. The first-order chi connectivity index (χ1) is 18.2. The average Bonchev–Trinajstić information content (AvgIpc) is 3.14. The van der Waals surface area contributed by atoms with Gasteiger partial charge in [-0.05, 0) is 62.1 Å². The summed E-state index contributed by atoms with van der Waals surface area (Å²) in [6.07, 6.45) is 6.33. The molecule has 38 heavy (non-hydrogen) atoms. The number of phenolic OH excluding ortho intramolecular Hbond substituents is 1. The molecule has 1 atom stereocenters. The molecule has 3 aliphatic rings. The van der Waals surface area contributed by atoms with Crippen molar-refractivity contribution in [3.63, 3.8) is 0 Å². The van der Waals surface area contributed by atoms with E-state index in [9.17, 15) is 9.90 Å². The van der Waals surface area contributed by atoms with E-state index in [1.807, 2.05) is 6.07 Å². The van der Waals surface area contributed by atoms with Gasteiger partial charge in [0.2, 0.25) is 0 Å². The maximum atomic E-state index is 12.3. The maximum absolute atomic E-state index is 12.3. The summed E-state index contributed by atoms with van der Waals surface area (Å²) >= 11 is 0. The zero-order valence-electron chi connectivity index (χ0n) is 22.7. The van der Waals surface area contributed by atoms with Gasteiger partial charge in [-0.3, -0.25) is 14.7 Å². The Kier molecular flexibility index (Phi) is 7.00. The van der Waals surface area contributed by atoms with Crippen molar-refractivity contribution in [2.75, 3.05) is 52.8 Å². The number of amides is 1. The molecule has 1 spiro atoms. The van der Waals surface area contributed by atoms with Gasteiger partial charge in [0.15, 0.2) is 0 Å². The van der Waals surface area contributed by atoms with Crippen LogP contribution >= 0.6 is 0 Å². The van der Waals surface area contributed by atoms with Crippen LogP contribution in [-0.2, 0) is 29.7 Å². The molecule has 0 saturated heterocycles. The molecule has 1 aliphatic carbocycles. The lowest BCUT2D eigenvalue weighted by Crippen LogP contribution is -2.51. The van der Waals surface area contributed by atoms with Gasteiger partial charge in [0, 0.05) is 45.7 Å². The van der Waals surface area contributed by atoms with Crippen molar-refractivity contribution in [3.05, 3.63) is 52.4 Å². The van der Waals surface area contributed by atoms with Gasteiger partial charge in [-0.25, -0.2) is 0 Å². The first kappa shape index (κ1) is 26.0. The Morgan fingerprint density at radius 2 is 2.05 bits per heavy atom. The average molecular weight is 520 g/mol. The van der Waals surface area contributed by atoms with Crippen molar-refractivity contribution in [3.8, 4) is 11.8 Å². The van der Waals surface area contributed by atoms with Gasteiger partial charge < -0.3 is 25.4 Å². The number of ether oxygens (including phenoxy) is 1. The largest absolute Gasteiger partial charge is 0.508 e. The number of hydrogen-bond donors (Lipinski definition) is 2. The van der Waals surface area contributed by atoms with Gasteiger partial charge in [0.05, 0.1) is 36.3 Å². The quantitative estimate of drug-likeness (QED) is 0.589. The lowest BCUT2D eigenvalue weighted by Gasteiger charge is -2.49. The van der Waals surface area contributed by atoms with Crippen LogP contribution < -0.4 is 15.4 Å². The summed E-state index contributed by atoms with van der Waals surface area (Å²) < 4.78 is 5.57. The van der Waals surface area contributed by atoms with E-state index in [4.69, 9.17) is 25.4 Å². The molecule has 1 aromatic carbocycles. The Morgan fingerprint density at radius 3 is 2.82 bits per heavy atom. The first-order valence-electron chi connectivity index (χ1n) is 13.2. The molecule has 2 aliphatic heterocycles. The molecule has 3 N–H and O–H groups in total. The summed E-state index contributed by atoms with van der Waals surface area (Å²) in [4.78, 5) is 32.7. The van der Waals surface area contributed by atoms with Crippen molar-refractivity contribution >= 4 is 17.4 Å². The minimum atomic E-state index is -0.245. The highest BCUT2D eigenvalue weighted by molar-refractivity contribution is 6.05. The number of benzene rings is 1. The van der Waals surface area contributed by atoms with E-state index < -0.39 is 0 Å². The Morgan fingerprint density at radius 1 is 1.24 bits per heavy atom. The van der Waals surface area contributed by atoms with Gasteiger partial charge in [-0.1, -0.05) is 6.07 Å². The van der Waals surface area contributed by atoms with Gasteiger partial charge in [0.1, 0.15) is 11.6 Å². The van der Waals surface area contributed by atoms with Crippen LogP contribution in [0.1, 0.15) is 41.6 Å². The predicted octanol–water partition coefficient (Wildman–Crippen LogP) is 1.99. The van der Waals surface area contributed by atoms with Crippen LogP contribution in [0.25, 0.3) is 0 Å². The zero-order valence-corrected chi connectivity index (χ0v) is 22.7. The lowest BCUT2D eigenvalue weighted by molar-refractivity contribution is -0.124. The molecule has 202 valence electrons. The van der Waals surface area contributed by atoms with E-state index >= 15 is 0 Å². The molecule has 0 bridgehead atoms. The van der Waals surface area contributed by atoms with Crippen molar-refractivity contribution in [1.29, 1.82) is 0 Å². The Balaban J connectivity index is 1.53. The van der Waals surface area contributed by atoms with E-state index in [-0.39, 0.29) is 17.1 Å². The zero-order chi connectivity index (χ0) is 27.0. The molecule has 3 heterocycles. The van der Waals surface area contributed by atoms with E-state index in [0.29, 0.717) is 37.8 Å². The van der Waals surface area contributed by atoms with E-state index in [2.05, 4.69) is 22.9 Å². The molecule has 0 radical (unpaired) electrons. The second-order valence-electron chi connectivity index (χ2n) is 10.7. The number of aromatic hydroxyl groups is 1. The summed E-state index contributed by atoms with van der Waals surface area (Å²) in [7, 11) is 7.11. The van der Waals surface area contributed by atoms with Crippen LogP contribution in [0.4, 0.5) is 5.82 Å². The highest BCUT2D eigenvalue weighted by atomic mass is 16.5. The number of aryl methyl sites for hydroxylation is 1. The third-order valence-corrected chi connectivity index (χ3v) is 7.98. The molecule has 2 aromatic rings. The fraction of sp³-hybridized carbons (Fsp3) is 0.500. The SMILES string of the molecule is COc1nc2c(c(N3CCCN=C(/C=C(\N)C(=O)N(C)C)C3)n1)CN(C)C1(CCCc3ccc(O)cc31)C2. The number of aliphatic imine (C=N–C) groups is 1. The highest BCUT2D eigenvalue weighted by Gasteiger charge is 2.45. The molecular weight excluding hydrogens is 482 g/mol. The summed E-state index contributed by atoms with van der Waals surface area (Å²) in [5.41, 5.74) is 11.3. The third-order valence-electron chi connectivity index (χ3n) is 7.98. The van der Waals surface area contributed by atoms with E-state index in [1.165, 1.54) is 16.0 Å². The molecule has 1 amide bonds. The lowest BCUT2D eigenvalue weighted by atomic mass is 9.70. The van der Waals surface area contributed by atoms with Crippen LogP contribution in [0.2, 0.25) is 0 Å². The Bertz CT molecular complexity index is 1310. The number of hydrogen-bond acceptors (Lipinski definition) is 9. The number of rotatable bonds is 4. The van der Waals surface area contributed by atoms with Crippen LogP contribution in [0.15, 0.2) is 35.0 Å².